The Hall–Kier alpha value is -2.96. The van der Waals surface area contributed by atoms with Crippen LogP contribution < -0.4 is 10.6 Å². The first-order chi connectivity index (χ1) is 10.5. The summed E-state index contributed by atoms with van der Waals surface area (Å²) in [5.41, 5.74) is 0.896. The molecular weight excluding hydrogens is 289 g/mol. The second-order valence-corrected chi connectivity index (χ2v) is 4.43. The predicted molar refractivity (Wildman–Crippen MR) is 79.4 cm³/mol. The Kier molecular flexibility index (Phi) is 4.67. The van der Waals surface area contributed by atoms with Crippen molar-refractivity contribution >= 4 is 23.4 Å². The first-order valence-electron chi connectivity index (χ1n) is 6.38. The Morgan fingerprint density at radius 3 is 2.59 bits per heavy atom. The van der Waals surface area contributed by atoms with E-state index in [0.29, 0.717) is 5.69 Å². The smallest absolute Gasteiger partial charge is 0.340 e. The molecule has 0 saturated heterocycles. The van der Waals surface area contributed by atoms with Crippen molar-refractivity contribution in [1.82, 2.24) is 4.98 Å². The summed E-state index contributed by atoms with van der Waals surface area (Å²) in [4.78, 5) is 27.3. The molecule has 0 saturated carbocycles. The van der Waals surface area contributed by atoms with Crippen molar-refractivity contribution in [3.63, 3.8) is 0 Å². The minimum atomic E-state index is -0.855. The summed E-state index contributed by atoms with van der Waals surface area (Å²) in [6.45, 7) is 1.82. The molecule has 0 radical (unpaired) electrons. The molecule has 2 amide bonds. The van der Waals surface area contributed by atoms with Gasteiger partial charge in [0.25, 0.3) is 0 Å². The highest BCUT2D eigenvalue weighted by Gasteiger charge is 2.16. The van der Waals surface area contributed by atoms with Crippen LogP contribution in [0.15, 0.2) is 36.5 Å². The molecule has 2 N–H and O–H groups in total. The molecule has 0 aliphatic heterocycles. The number of methoxy groups -OCH3 is 1. The number of anilines is 2. The van der Waals surface area contributed by atoms with E-state index in [1.54, 1.807) is 12.1 Å². The van der Waals surface area contributed by atoms with E-state index in [1.165, 1.54) is 24.4 Å². The number of hydrogen-bond acceptors (Lipinski definition) is 4. The Balaban J connectivity index is 2.11. The maximum Gasteiger partial charge on any atom is 0.340 e. The van der Waals surface area contributed by atoms with Gasteiger partial charge in [-0.05, 0) is 31.2 Å². The summed E-state index contributed by atoms with van der Waals surface area (Å²) < 4.78 is 18.6. The standard InChI is InChI=1S/C15H14FN3O3/c1-9-6-7-10(8-17-9)18-15(21)19-12-5-3-4-11(13(12)16)14(20)22-2/h3-8H,1-2H3,(H2,18,19,21). The van der Waals surface area contributed by atoms with Gasteiger partial charge in [-0.15, -0.1) is 0 Å². The van der Waals surface area contributed by atoms with E-state index >= 15 is 0 Å². The van der Waals surface area contributed by atoms with Crippen LogP contribution in [0, 0.1) is 12.7 Å². The van der Waals surface area contributed by atoms with E-state index in [-0.39, 0.29) is 11.3 Å². The van der Waals surface area contributed by atoms with E-state index in [1.807, 2.05) is 6.92 Å². The van der Waals surface area contributed by atoms with Gasteiger partial charge in [0.15, 0.2) is 5.82 Å². The van der Waals surface area contributed by atoms with Crippen molar-refractivity contribution in [3.8, 4) is 0 Å². The number of aryl methyl sites for hydroxylation is 1. The summed E-state index contributed by atoms with van der Waals surface area (Å²) in [5.74, 6) is -1.67. The van der Waals surface area contributed by atoms with Crippen molar-refractivity contribution in [2.24, 2.45) is 0 Å². The van der Waals surface area contributed by atoms with Gasteiger partial charge in [0, 0.05) is 5.69 Å². The number of carbonyl (C=O) groups is 2. The third-order valence-electron chi connectivity index (χ3n) is 2.82. The molecule has 1 aromatic carbocycles. The fraction of sp³-hybridized carbons (Fsp3) is 0.133. The summed E-state index contributed by atoms with van der Waals surface area (Å²) in [6, 6.07) is 6.81. The summed E-state index contributed by atoms with van der Waals surface area (Å²) in [5, 5.41) is 4.84. The summed E-state index contributed by atoms with van der Waals surface area (Å²) >= 11 is 0. The van der Waals surface area contributed by atoms with Crippen LogP contribution >= 0.6 is 0 Å². The molecule has 0 unspecified atom stereocenters. The molecule has 2 rings (SSSR count). The number of urea groups is 1. The zero-order chi connectivity index (χ0) is 16.1. The minimum Gasteiger partial charge on any atom is -0.465 e. The Labute approximate surface area is 126 Å². The van der Waals surface area contributed by atoms with Crippen LogP contribution in [0.2, 0.25) is 0 Å². The van der Waals surface area contributed by atoms with E-state index in [4.69, 9.17) is 0 Å². The second-order valence-electron chi connectivity index (χ2n) is 4.43. The van der Waals surface area contributed by atoms with E-state index < -0.39 is 17.8 Å². The number of benzene rings is 1. The summed E-state index contributed by atoms with van der Waals surface area (Å²) in [7, 11) is 1.15. The molecule has 0 fully saturated rings. The number of halogens is 1. The van der Waals surface area contributed by atoms with Gasteiger partial charge in [0.05, 0.1) is 30.2 Å². The normalized spacial score (nSPS) is 9.95. The number of pyridine rings is 1. The molecule has 7 heteroatoms. The Morgan fingerprint density at radius 2 is 1.95 bits per heavy atom. The van der Waals surface area contributed by atoms with Gasteiger partial charge in [0.1, 0.15) is 0 Å². The molecule has 0 aliphatic carbocycles. The maximum atomic E-state index is 14.1. The van der Waals surface area contributed by atoms with Gasteiger partial charge in [-0.25, -0.2) is 14.0 Å². The van der Waals surface area contributed by atoms with Crippen LogP contribution in [0.25, 0.3) is 0 Å². The predicted octanol–water partition coefficient (Wildman–Crippen LogP) is 2.96. The van der Waals surface area contributed by atoms with Crippen LogP contribution in [-0.2, 0) is 4.74 Å². The van der Waals surface area contributed by atoms with Crippen molar-refractivity contribution in [2.45, 2.75) is 6.92 Å². The third-order valence-corrected chi connectivity index (χ3v) is 2.82. The molecule has 1 aromatic heterocycles. The molecule has 6 nitrogen and oxygen atoms in total. The van der Waals surface area contributed by atoms with Gasteiger partial charge in [0.2, 0.25) is 0 Å². The fourth-order valence-electron chi connectivity index (χ4n) is 1.72. The number of nitrogens with zero attached hydrogens (tertiary/aromatic N) is 1. The van der Waals surface area contributed by atoms with Crippen LogP contribution in [0.3, 0.4) is 0 Å². The monoisotopic (exact) mass is 303 g/mol. The van der Waals surface area contributed by atoms with Gasteiger partial charge in [-0.1, -0.05) is 6.07 Å². The lowest BCUT2D eigenvalue weighted by Crippen LogP contribution is -2.21. The largest absolute Gasteiger partial charge is 0.465 e. The SMILES string of the molecule is COC(=O)c1cccc(NC(=O)Nc2ccc(C)nc2)c1F. The number of rotatable bonds is 3. The molecule has 0 aliphatic rings. The quantitative estimate of drug-likeness (QED) is 0.854. The highest BCUT2D eigenvalue weighted by molar-refractivity contribution is 6.00. The van der Waals surface area contributed by atoms with Crippen LogP contribution in [0.1, 0.15) is 16.1 Å². The number of amides is 2. The third kappa shape index (κ3) is 3.57. The van der Waals surface area contributed by atoms with Gasteiger partial charge >= 0.3 is 12.0 Å². The molecule has 0 spiro atoms. The highest BCUT2D eigenvalue weighted by Crippen LogP contribution is 2.19. The van der Waals surface area contributed by atoms with Crippen LogP contribution in [0.5, 0.6) is 0 Å². The van der Waals surface area contributed by atoms with Gasteiger partial charge in [-0.3, -0.25) is 4.98 Å². The van der Waals surface area contributed by atoms with Crippen molar-refractivity contribution < 1.29 is 18.7 Å². The zero-order valence-electron chi connectivity index (χ0n) is 12.0. The highest BCUT2D eigenvalue weighted by atomic mass is 19.1. The average molecular weight is 303 g/mol. The maximum absolute atomic E-state index is 14.1. The Morgan fingerprint density at radius 1 is 1.18 bits per heavy atom. The molecule has 0 bridgehead atoms. The second kappa shape index (κ2) is 6.66. The topological polar surface area (TPSA) is 80.3 Å². The molecule has 22 heavy (non-hydrogen) atoms. The lowest BCUT2D eigenvalue weighted by molar-refractivity contribution is 0.0595. The molecule has 1 heterocycles. The molecular formula is C15H14FN3O3. The van der Waals surface area contributed by atoms with Crippen LogP contribution in [-0.4, -0.2) is 24.1 Å². The number of carbonyl (C=O) groups excluding carboxylic acids is 2. The number of nitrogens with one attached hydrogen (secondary N) is 2. The van der Waals surface area contributed by atoms with Gasteiger partial charge < -0.3 is 15.4 Å². The number of aromatic nitrogens is 1. The number of hydrogen-bond donors (Lipinski definition) is 2. The first-order valence-corrected chi connectivity index (χ1v) is 6.38. The van der Waals surface area contributed by atoms with E-state index in [2.05, 4.69) is 20.4 Å². The number of ether oxygens (including phenoxy) is 1. The average Bonchev–Trinajstić information content (AvgIpc) is 2.51. The lowest BCUT2D eigenvalue weighted by Gasteiger charge is -2.10. The van der Waals surface area contributed by atoms with E-state index in [0.717, 1.165) is 12.8 Å². The Bertz CT molecular complexity index is 702. The van der Waals surface area contributed by atoms with Crippen molar-refractivity contribution in [1.29, 1.82) is 0 Å². The first kappa shape index (κ1) is 15.4. The van der Waals surface area contributed by atoms with E-state index in [9.17, 15) is 14.0 Å². The molecule has 0 atom stereocenters. The molecule has 114 valence electrons. The van der Waals surface area contributed by atoms with Gasteiger partial charge in [-0.2, -0.15) is 0 Å². The zero-order valence-corrected chi connectivity index (χ0v) is 12.0. The summed E-state index contributed by atoms with van der Waals surface area (Å²) in [6.07, 6.45) is 1.48. The lowest BCUT2D eigenvalue weighted by atomic mass is 10.2. The number of esters is 1. The fourth-order valence-corrected chi connectivity index (χ4v) is 1.72. The molecule has 2 aromatic rings. The van der Waals surface area contributed by atoms with Crippen molar-refractivity contribution in [3.05, 3.63) is 53.6 Å². The minimum absolute atomic E-state index is 0.125. The van der Waals surface area contributed by atoms with Crippen molar-refractivity contribution in [2.75, 3.05) is 17.7 Å². The van der Waals surface area contributed by atoms with Crippen LogP contribution in [0.4, 0.5) is 20.6 Å².